The second-order valence-corrected chi connectivity index (χ2v) is 8.73. The number of benzene rings is 1. The van der Waals surface area contributed by atoms with Crippen LogP contribution in [0.4, 0.5) is 0 Å². The predicted molar refractivity (Wildman–Crippen MR) is 134 cm³/mol. The molecule has 1 N–H and O–H groups in total. The topological polar surface area (TPSA) is 59.4 Å². The van der Waals surface area contributed by atoms with Crippen molar-refractivity contribution in [1.29, 1.82) is 0 Å². The SMILES string of the molecule is CCCCN1C(=S)N[C@@H](c2ccccn2)[C@@H]1c1cc(C)n(-c2ccccc2C(=O)OC)c1C. The minimum Gasteiger partial charge on any atom is -0.465 e. The summed E-state index contributed by atoms with van der Waals surface area (Å²) in [5.74, 6) is -0.348. The smallest absolute Gasteiger partial charge is 0.339 e. The summed E-state index contributed by atoms with van der Waals surface area (Å²) in [4.78, 5) is 19.4. The number of hydrogen-bond donors (Lipinski definition) is 1. The van der Waals surface area contributed by atoms with Crippen molar-refractivity contribution in [3.63, 3.8) is 0 Å². The van der Waals surface area contributed by atoms with Crippen molar-refractivity contribution in [2.75, 3.05) is 13.7 Å². The number of para-hydroxylation sites is 1. The van der Waals surface area contributed by atoms with E-state index in [4.69, 9.17) is 17.0 Å². The van der Waals surface area contributed by atoms with Crippen molar-refractivity contribution in [3.8, 4) is 5.69 Å². The van der Waals surface area contributed by atoms with Gasteiger partial charge in [-0.3, -0.25) is 4.98 Å². The summed E-state index contributed by atoms with van der Waals surface area (Å²) in [6, 6.07) is 15.7. The molecule has 0 saturated carbocycles. The Kier molecular flexibility index (Phi) is 6.79. The van der Waals surface area contributed by atoms with Crippen LogP contribution in [-0.4, -0.2) is 39.2 Å². The van der Waals surface area contributed by atoms with Gasteiger partial charge in [0, 0.05) is 24.1 Å². The molecular formula is C26H30N4O2S. The number of esters is 1. The minimum atomic E-state index is -0.348. The van der Waals surface area contributed by atoms with Crippen LogP contribution in [0.3, 0.4) is 0 Å². The summed E-state index contributed by atoms with van der Waals surface area (Å²) in [6.07, 6.45) is 3.96. The fourth-order valence-corrected chi connectivity index (χ4v) is 5.05. The molecular weight excluding hydrogens is 432 g/mol. The molecule has 1 aliphatic heterocycles. The standard InChI is InChI=1S/C26H30N4O2S/c1-5-6-15-29-24(23(28-26(29)33)21-12-9-10-14-27-21)20-16-17(2)30(18(20)3)22-13-8-7-11-19(22)25(31)32-4/h7-14,16,23-24H,5-6,15H2,1-4H3,(H,28,33)/t23-,24-/m0/s1. The molecule has 1 aromatic carbocycles. The van der Waals surface area contributed by atoms with Crippen molar-refractivity contribution in [3.05, 3.63) is 82.9 Å². The van der Waals surface area contributed by atoms with Gasteiger partial charge >= 0.3 is 5.97 Å². The Morgan fingerprint density at radius 3 is 2.64 bits per heavy atom. The number of aromatic nitrogens is 2. The lowest BCUT2D eigenvalue weighted by atomic mass is 9.96. The van der Waals surface area contributed by atoms with E-state index in [1.54, 1.807) is 6.07 Å². The van der Waals surface area contributed by atoms with Gasteiger partial charge in [0.15, 0.2) is 5.11 Å². The zero-order valence-electron chi connectivity index (χ0n) is 19.5. The van der Waals surface area contributed by atoms with Gasteiger partial charge < -0.3 is 19.5 Å². The first-order valence-electron chi connectivity index (χ1n) is 11.3. The fraction of sp³-hybridized carbons (Fsp3) is 0.346. The Bertz CT molecular complexity index is 1160. The molecule has 6 nitrogen and oxygen atoms in total. The molecule has 4 rings (SSSR count). The number of ether oxygens (including phenoxy) is 1. The van der Waals surface area contributed by atoms with Gasteiger partial charge in [-0.1, -0.05) is 31.5 Å². The van der Waals surface area contributed by atoms with Crippen LogP contribution in [0.25, 0.3) is 5.69 Å². The van der Waals surface area contributed by atoms with Gasteiger partial charge in [-0.05, 0) is 68.4 Å². The quantitative estimate of drug-likeness (QED) is 0.392. The van der Waals surface area contributed by atoms with Crippen LogP contribution < -0.4 is 5.32 Å². The average Bonchev–Trinajstić information content (AvgIpc) is 3.32. The van der Waals surface area contributed by atoms with Crippen LogP contribution >= 0.6 is 12.2 Å². The van der Waals surface area contributed by atoms with E-state index in [-0.39, 0.29) is 18.1 Å². The molecule has 1 fully saturated rings. The number of carbonyl (C=O) groups is 1. The number of nitrogens with one attached hydrogen (secondary N) is 1. The largest absolute Gasteiger partial charge is 0.465 e. The fourth-order valence-electron chi connectivity index (χ4n) is 4.72. The molecule has 3 aromatic rings. The van der Waals surface area contributed by atoms with Crippen molar-refractivity contribution in [2.24, 2.45) is 0 Å². The predicted octanol–water partition coefficient (Wildman–Crippen LogP) is 5.05. The second kappa shape index (κ2) is 9.75. The molecule has 1 saturated heterocycles. The number of thiocarbonyl (C=S) groups is 1. The molecule has 0 aliphatic carbocycles. The van der Waals surface area contributed by atoms with E-state index in [0.29, 0.717) is 5.56 Å². The van der Waals surface area contributed by atoms with Crippen LogP contribution in [0.2, 0.25) is 0 Å². The lowest BCUT2D eigenvalue weighted by Crippen LogP contribution is -2.30. The molecule has 0 bridgehead atoms. The second-order valence-electron chi connectivity index (χ2n) is 8.34. The molecule has 0 amide bonds. The first kappa shape index (κ1) is 23.0. The third-order valence-electron chi connectivity index (χ3n) is 6.29. The minimum absolute atomic E-state index is 0.00388. The molecule has 0 unspecified atom stereocenters. The van der Waals surface area contributed by atoms with Crippen molar-refractivity contribution in [2.45, 2.75) is 45.7 Å². The van der Waals surface area contributed by atoms with Gasteiger partial charge in [-0.25, -0.2) is 4.79 Å². The van der Waals surface area contributed by atoms with Gasteiger partial charge in [0.2, 0.25) is 0 Å². The van der Waals surface area contributed by atoms with Crippen LogP contribution in [-0.2, 0) is 4.74 Å². The lowest BCUT2D eigenvalue weighted by Gasteiger charge is -2.28. The van der Waals surface area contributed by atoms with Crippen LogP contribution in [0.15, 0.2) is 54.7 Å². The summed E-state index contributed by atoms with van der Waals surface area (Å²) < 4.78 is 7.17. The number of unbranched alkanes of at least 4 members (excludes halogenated alkanes) is 1. The molecule has 0 radical (unpaired) electrons. The number of hydrogen-bond acceptors (Lipinski definition) is 4. The van der Waals surface area contributed by atoms with Gasteiger partial charge in [0.25, 0.3) is 0 Å². The average molecular weight is 463 g/mol. The normalized spacial score (nSPS) is 17.8. The lowest BCUT2D eigenvalue weighted by molar-refractivity contribution is 0.0600. The number of aryl methyl sites for hydroxylation is 1. The molecule has 7 heteroatoms. The highest BCUT2D eigenvalue weighted by Crippen LogP contribution is 2.41. The number of methoxy groups -OCH3 is 1. The van der Waals surface area contributed by atoms with Crippen LogP contribution in [0.1, 0.15) is 64.9 Å². The third-order valence-corrected chi connectivity index (χ3v) is 6.64. The van der Waals surface area contributed by atoms with Crippen molar-refractivity contribution >= 4 is 23.3 Å². The van der Waals surface area contributed by atoms with E-state index in [9.17, 15) is 4.79 Å². The summed E-state index contributed by atoms with van der Waals surface area (Å²) in [5.41, 5.74) is 5.61. The molecule has 1 aliphatic rings. The van der Waals surface area contributed by atoms with E-state index in [2.05, 4.69) is 46.6 Å². The maximum Gasteiger partial charge on any atom is 0.339 e. The van der Waals surface area contributed by atoms with Crippen molar-refractivity contribution in [1.82, 2.24) is 19.8 Å². The highest BCUT2D eigenvalue weighted by atomic mass is 32.1. The zero-order chi connectivity index (χ0) is 23.5. The Labute approximate surface area is 200 Å². The van der Waals surface area contributed by atoms with E-state index < -0.39 is 0 Å². The monoisotopic (exact) mass is 462 g/mol. The maximum absolute atomic E-state index is 12.5. The summed E-state index contributed by atoms with van der Waals surface area (Å²) >= 11 is 5.77. The molecule has 2 atom stereocenters. The summed E-state index contributed by atoms with van der Waals surface area (Å²) in [6.45, 7) is 7.23. The van der Waals surface area contributed by atoms with Gasteiger partial charge in [-0.2, -0.15) is 0 Å². The third kappa shape index (κ3) is 4.25. The van der Waals surface area contributed by atoms with Gasteiger partial charge in [0.1, 0.15) is 0 Å². The Hall–Kier alpha value is -3.19. The molecule has 0 spiro atoms. The molecule has 2 aromatic heterocycles. The number of rotatable bonds is 7. The molecule has 3 heterocycles. The van der Waals surface area contributed by atoms with Gasteiger partial charge in [0.05, 0.1) is 36.1 Å². The van der Waals surface area contributed by atoms with E-state index in [1.165, 1.54) is 12.7 Å². The first-order valence-corrected chi connectivity index (χ1v) is 11.7. The highest BCUT2D eigenvalue weighted by molar-refractivity contribution is 7.80. The molecule has 33 heavy (non-hydrogen) atoms. The van der Waals surface area contributed by atoms with E-state index in [0.717, 1.165) is 47.3 Å². The number of pyridine rings is 1. The van der Waals surface area contributed by atoms with E-state index >= 15 is 0 Å². The van der Waals surface area contributed by atoms with Gasteiger partial charge in [-0.15, -0.1) is 0 Å². The maximum atomic E-state index is 12.5. The highest BCUT2D eigenvalue weighted by Gasteiger charge is 2.41. The van der Waals surface area contributed by atoms with Crippen LogP contribution in [0, 0.1) is 13.8 Å². The van der Waals surface area contributed by atoms with E-state index in [1.807, 2.05) is 42.6 Å². The first-order chi connectivity index (χ1) is 16.0. The molecule has 172 valence electrons. The summed E-state index contributed by atoms with van der Waals surface area (Å²) in [7, 11) is 1.41. The Balaban J connectivity index is 1.85. The summed E-state index contributed by atoms with van der Waals surface area (Å²) in [5, 5.41) is 4.28. The van der Waals surface area contributed by atoms with Crippen LogP contribution in [0.5, 0.6) is 0 Å². The Morgan fingerprint density at radius 2 is 1.94 bits per heavy atom. The Morgan fingerprint density at radius 1 is 1.18 bits per heavy atom. The zero-order valence-corrected chi connectivity index (χ0v) is 20.4. The number of nitrogens with zero attached hydrogens (tertiary/aromatic N) is 3. The number of carbonyl (C=O) groups excluding carboxylic acids is 1. The van der Waals surface area contributed by atoms with Crippen molar-refractivity contribution < 1.29 is 9.53 Å².